The van der Waals surface area contributed by atoms with Gasteiger partial charge < -0.3 is 4.42 Å². The fraction of sp³-hybridized carbons (Fsp3) is 0. The molecule has 3 aromatic heterocycles. The number of hydrogen-bond acceptors (Lipinski definition) is 8. The largest absolute Gasteiger partial charge is 0.443 e. The van der Waals surface area contributed by atoms with Gasteiger partial charge in [-0.2, -0.15) is 0 Å². The number of nitrogens with zero attached hydrogens (tertiary/aromatic N) is 1. The number of oxazole rings is 1. The molecule has 2 N–H and O–H groups in total. The normalized spacial score (nSPS) is 12.0. The third-order valence-electron chi connectivity index (χ3n) is 3.75. The third kappa shape index (κ3) is 4.37. The maximum atomic E-state index is 12.9. The molecule has 0 aliphatic rings. The second-order valence-electron chi connectivity index (χ2n) is 5.82. The third-order valence-corrected chi connectivity index (χ3v) is 9.71. The van der Waals surface area contributed by atoms with E-state index in [0.29, 0.717) is 10.6 Å². The van der Waals surface area contributed by atoms with Gasteiger partial charge in [0, 0.05) is 5.02 Å². The molecular weight excluding hydrogens is 490 g/mol. The van der Waals surface area contributed by atoms with E-state index in [-0.39, 0.29) is 24.8 Å². The molecule has 8 nitrogen and oxygen atoms in total. The van der Waals surface area contributed by atoms with E-state index in [1.165, 1.54) is 42.9 Å². The van der Waals surface area contributed by atoms with Gasteiger partial charge in [-0.3, -0.25) is 9.44 Å². The highest BCUT2D eigenvalue weighted by Crippen LogP contribution is 2.34. The van der Waals surface area contributed by atoms with Crippen LogP contribution in [0.1, 0.15) is 0 Å². The SMILES string of the molecule is O=S(=O)(Nc1cc(Cl)ccc1NS(=O)(=O)c1ccc(-c2cnco2)s1)c1cccs1. The van der Waals surface area contributed by atoms with Gasteiger partial charge in [0.15, 0.2) is 12.2 Å². The van der Waals surface area contributed by atoms with E-state index in [1.54, 1.807) is 17.5 Å². The molecule has 0 unspecified atom stereocenters. The molecule has 13 heteroatoms. The molecule has 0 saturated heterocycles. The van der Waals surface area contributed by atoms with Gasteiger partial charge in [0.25, 0.3) is 20.0 Å². The first-order chi connectivity index (χ1) is 14.2. The monoisotopic (exact) mass is 501 g/mol. The van der Waals surface area contributed by atoms with Crippen molar-refractivity contribution in [3.05, 3.63) is 65.5 Å². The van der Waals surface area contributed by atoms with Crippen LogP contribution in [0.4, 0.5) is 11.4 Å². The molecule has 3 heterocycles. The smallest absolute Gasteiger partial charge is 0.271 e. The Morgan fingerprint density at radius 2 is 1.70 bits per heavy atom. The zero-order chi connectivity index (χ0) is 21.4. The van der Waals surface area contributed by atoms with Gasteiger partial charge in [0.2, 0.25) is 0 Å². The first kappa shape index (κ1) is 20.9. The topological polar surface area (TPSA) is 118 Å². The van der Waals surface area contributed by atoms with Crippen molar-refractivity contribution < 1.29 is 21.3 Å². The Hall–Kier alpha value is -2.38. The maximum Gasteiger partial charge on any atom is 0.271 e. The quantitative estimate of drug-likeness (QED) is 0.378. The van der Waals surface area contributed by atoms with Crippen LogP contribution in [-0.2, 0) is 20.0 Å². The first-order valence-electron chi connectivity index (χ1n) is 8.12. The van der Waals surface area contributed by atoms with Gasteiger partial charge in [0.05, 0.1) is 22.4 Å². The average molecular weight is 502 g/mol. The molecule has 0 aliphatic heterocycles. The number of aromatic nitrogens is 1. The van der Waals surface area contributed by atoms with Crippen LogP contribution in [0.5, 0.6) is 0 Å². The van der Waals surface area contributed by atoms with Crippen LogP contribution >= 0.6 is 34.3 Å². The maximum absolute atomic E-state index is 12.9. The van der Waals surface area contributed by atoms with Crippen molar-refractivity contribution >= 4 is 65.7 Å². The second kappa shape index (κ2) is 8.04. The minimum Gasteiger partial charge on any atom is -0.443 e. The number of halogens is 1. The zero-order valence-electron chi connectivity index (χ0n) is 14.8. The summed E-state index contributed by atoms with van der Waals surface area (Å²) in [5.74, 6) is 0.442. The summed E-state index contributed by atoms with van der Waals surface area (Å²) >= 11 is 8.02. The Bertz CT molecular complexity index is 1380. The number of hydrogen-bond donors (Lipinski definition) is 2. The molecule has 0 radical (unpaired) electrons. The molecule has 1 aromatic carbocycles. The number of sulfonamides is 2. The summed E-state index contributed by atoms with van der Waals surface area (Å²) in [6.45, 7) is 0. The summed E-state index contributed by atoms with van der Waals surface area (Å²) in [5.41, 5.74) is 0.0423. The predicted molar refractivity (Wildman–Crippen MR) is 117 cm³/mol. The molecular formula is C17H12ClN3O5S4. The molecule has 4 aromatic rings. The van der Waals surface area contributed by atoms with Crippen LogP contribution in [0.2, 0.25) is 5.02 Å². The van der Waals surface area contributed by atoms with E-state index in [2.05, 4.69) is 14.4 Å². The van der Waals surface area contributed by atoms with Crippen LogP contribution in [0.3, 0.4) is 0 Å². The molecule has 0 amide bonds. The second-order valence-corrected chi connectivity index (χ2v) is 12.1. The molecule has 0 aliphatic carbocycles. The molecule has 0 saturated carbocycles. The number of benzene rings is 1. The summed E-state index contributed by atoms with van der Waals surface area (Å²) in [6.07, 6.45) is 2.73. The summed E-state index contributed by atoms with van der Waals surface area (Å²) in [5, 5.41) is 1.87. The highest BCUT2D eigenvalue weighted by atomic mass is 35.5. The van der Waals surface area contributed by atoms with Crippen molar-refractivity contribution in [3.8, 4) is 10.6 Å². The van der Waals surface area contributed by atoms with Crippen molar-refractivity contribution in [2.75, 3.05) is 9.44 Å². The molecule has 156 valence electrons. The Kier molecular flexibility index (Phi) is 5.59. The fourth-order valence-corrected chi connectivity index (χ4v) is 7.01. The average Bonchev–Trinajstić information content (AvgIpc) is 3.45. The van der Waals surface area contributed by atoms with E-state index in [4.69, 9.17) is 16.0 Å². The lowest BCUT2D eigenvalue weighted by molar-refractivity contribution is 0.573. The van der Waals surface area contributed by atoms with Crippen LogP contribution < -0.4 is 9.44 Å². The Balaban J connectivity index is 1.65. The first-order valence-corrected chi connectivity index (χ1v) is 13.2. The minimum atomic E-state index is -4.00. The highest BCUT2D eigenvalue weighted by molar-refractivity contribution is 7.95. The van der Waals surface area contributed by atoms with Crippen molar-refractivity contribution in [1.82, 2.24) is 4.98 Å². The van der Waals surface area contributed by atoms with Crippen LogP contribution in [0.15, 0.2) is 73.3 Å². The zero-order valence-corrected chi connectivity index (χ0v) is 18.8. The Labute approximate surface area is 185 Å². The summed E-state index contributed by atoms with van der Waals surface area (Å²) < 4.78 is 60.9. The number of anilines is 2. The Morgan fingerprint density at radius 3 is 2.40 bits per heavy atom. The number of rotatable bonds is 7. The van der Waals surface area contributed by atoms with E-state index in [0.717, 1.165) is 22.7 Å². The predicted octanol–water partition coefficient (Wildman–Crippen LogP) is 4.72. The lowest BCUT2D eigenvalue weighted by atomic mass is 10.3. The summed E-state index contributed by atoms with van der Waals surface area (Å²) in [6, 6.07) is 10.2. The van der Waals surface area contributed by atoms with Gasteiger partial charge >= 0.3 is 0 Å². The lowest BCUT2D eigenvalue weighted by Crippen LogP contribution is -2.16. The number of thiophene rings is 2. The van der Waals surface area contributed by atoms with E-state index in [1.807, 2.05) is 0 Å². The lowest BCUT2D eigenvalue weighted by Gasteiger charge is -2.14. The van der Waals surface area contributed by atoms with Gasteiger partial charge in [-0.25, -0.2) is 21.8 Å². The van der Waals surface area contributed by atoms with Gasteiger partial charge in [-0.05, 0) is 41.8 Å². The molecule has 0 bridgehead atoms. The standard InChI is InChI=1S/C17H12ClN3O5S4/c18-11-3-4-12(13(8-11)21-29(22,23)16-2-1-7-27-16)20-30(24,25)17-6-5-15(28-17)14-9-19-10-26-14/h1-10,20-21H. The van der Waals surface area contributed by atoms with Crippen molar-refractivity contribution in [1.29, 1.82) is 0 Å². The summed E-state index contributed by atoms with van der Waals surface area (Å²) in [4.78, 5) is 4.40. The number of nitrogens with one attached hydrogen (secondary N) is 2. The van der Waals surface area contributed by atoms with Gasteiger partial charge in [-0.1, -0.05) is 17.7 Å². The molecule has 30 heavy (non-hydrogen) atoms. The fourth-order valence-electron chi connectivity index (χ4n) is 2.43. The minimum absolute atomic E-state index is 0.00601. The van der Waals surface area contributed by atoms with E-state index >= 15 is 0 Å². The van der Waals surface area contributed by atoms with Crippen molar-refractivity contribution in [2.24, 2.45) is 0 Å². The molecule has 0 atom stereocenters. The molecule has 4 rings (SSSR count). The highest BCUT2D eigenvalue weighted by Gasteiger charge is 2.22. The van der Waals surface area contributed by atoms with Crippen LogP contribution in [0.25, 0.3) is 10.6 Å². The van der Waals surface area contributed by atoms with Gasteiger partial charge in [-0.15, -0.1) is 22.7 Å². The molecule has 0 spiro atoms. The van der Waals surface area contributed by atoms with Crippen molar-refractivity contribution in [3.63, 3.8) is 0 Å². The summed E-state index contributed by atoms with van der Waals surface area (Å²) in [7, 11) is -7.89. The van der Waals surface area contributed by atoms with Crippen LogP contribution in [-0.4, -0.2) is 21.8 Å². The van der Waals surface area contributed by atoms with Crippen molar-refractivity contribution in [2.45, 2.75) is 8.42 Å². The van der Waals surface area contributed by atoms with E-state index in [9.17, 15) is 16.8 Å². The van der Waals surface area contributed by atoms with E-state index < -0.39 is 20.0 Å². The Morgan fingerprint density at radius 1 is 0.933 bits per heavy atom. The van der Waals surface area contributed by atoms with Gasteiger partial charge in [0.1, 0.15) is 8.42 Å². The van der Waals surface area contributed by atoms with Crippen LogP contribution in [0, 0.1) is 0 Å². The molecule has 0 fully saturated rings.